The SMILES string of the molecule is CC(=Nc1cccc2ccccc12)C(C)=Nc1cccc2ccccc12.[Br][Ni][Br]. The van der Waals surface area contributed by atoms with Gasteiger partial charge in [0.05, 0.1) is 22.8 Å². The van der Waals surface area contributed by atoms with Crippen LogP contribution in [0.15, 0.2) is 94.9 Å². The third-order valence-corrected chi connectivity index (χ3v) is 4.63. The Morgan fingerprint density at radius 3 is 1.34 bits per heavy atom. The number of fused-ring (bicyclic) bond motifs is 2. The molecule has 0 atom stereocenters. The van der Waals surface area contributed by atoms with Crippen molar-refractivity contribution in [3.05, 3.63) is 84.9 Å². The topological polar surface area (TPSA) is 24.7 Å². The van der Waals surface area contributed by atoms with Gasteiger partial charge in [-0.05, 0) is 36.8 Å². The van der Waals surface area contributed by atoms with E-state index in [9.17, 15) is 0 Å². The quantitative estimate of drug-likeness (QED) is 0.179. The summed E-state index contributed by atoms with van der Waals surface area (Å²) in [7, 11) is 1.25. The number of hydrogen-bond acceptors (Lipinski definition) is 2. The second kappa shape index (κ2) is 10.8. The molecular weight excluding hydrogens is 535 g/mol. The molecule has 0 heterocycles. The molecule has 0 N–H and O–H groups in total. The minimum absolute atomic E-state index is 0.925. The van der Waals surface area contributed by atoms with Gasteiger partial charge in [0.1, 0.15) is 0 Å². The fourth-order valence-corrected chi connectivity index (χ4v) is 3.13. The van der Waals surface area contributed by atoms with Crippen molar-refractivity contribution in [2.75, 3.05) is 0 Å². The van der Waals surface area contributed by atoms with E-state index in [0.717, 1.165) is 33.6 Å². The Kier molecular flexibility index (Phi) is 8.17. The Morgan fingerprint density at radius 2 is 0.931 bits per heavy atom. The van der Waals surface area contributed by atoms with Crippen LogP contribution >= 0.6 is 28.5 Å². The summed E-state index contributed by atoms with van der Waals surface area (Å²) in [5, 5.41) is 4.72. The van der Waals surface area contributed by atoms with Crippen LogP contribution in [0.3, 0.4) is 0 Å². The van der Waals surface area contributed by atoms with Crippen molar-refractivity contribution >= 4 is 72.8 Å². The van der Waals surface area contributed by atoms with E-state index in [4.69, 9.17) is 9.98 Å². The molecule has 0 saturated carbocycles. The predicted molar refractivity (Wildman–Crippen MR) is 131 cm³/mol. The standard InChI is InChI=1S/C24H20N2.2BrH.Ni/c1-17(25-23-15-7-11-19-9-3-5-13-21(19)23)18(2)26-24-16-8-12-20-10-4-6-14-22(20)24;;;/h3-16H,1-2H3;2*1H;/q;;;+2/p-2. The Labute approximate surface area is 191 Å². The van der Waals surface area contributed by atoms with Crippen molar-refractivity contribution in [2.24, 2.45) is 9.98 Å². The fraction of sp³-hybridized carbons (Fsp3) is 0.0833. The van der Waals surface area contributed by atoms with E-state index in [0.29, 0.717) is 0 Å². The molecule has 0 spiro atoms. The first-order chi connectivity index (χ1) is 14.1. The molecule has 150 valence electrons. The minimum atomic E-state index is 0.925. The molecule has 4 rings (SSSR count). The second-order valence-electron chi connectivity index (χ2n) is 6.44. The van der Waals surface area contributed by atoms with Crippen LogP contribution in [0.4, 0.5) is 11.4 Å². The van der Waals surface area contributed by atoms with Crippen LogP contribution in [0.5, 0.6) is 0 Å². The van der Waals surface area contributed by atoms with Gasteiger partial charge < -0.3 is 0 Å². The van der Waals surface area contributed by atoms with Crippen molar-refractivity contribution in [1.82, 2.24) is 0 Å². The third-order valence-electron chi connectivity index (χ3n) is 4.63. The van der Waals surface area contributed by atoms with E-state index in [1.807, 2.05) is 38.1 Å². The first-order valence-electron chi connectivity index (χ1n) is 9.03. The van der Waals surface area contributed by atoms with Gasteiger partial charge in [0, 0.05) is 10.8 Å². The molecule has 5 heteroatoms. The van der Waals surface area contributed by atoms with Crippen LogP contribution in [0, 0.1) is 0 Å². The van der Waals surface area contributed by atoms with Crippen LogP contribution in [-0.2, 0) is 10.9 Å². The number of benzene rings is 4. The first kappa shape index (κ1) is 21.9. The molecule has 0 radical (unpaired) electrons. The monoisotopic (exact) mass is 552 g/mol. The van der Waals surface area contributed by atoms with Crippen LogP contribution < -0.4 is 0 Å². The fourth-order valence-electron chi connectivity index (χ4n) is 3.13. The van der Waals surface area contributed by atoms with Crippen LogP contribution in [0.25, 0.3) is 21.5 Å². The van der Waals surface area contributed by atoms with Gasteiger partial charge in [-0.25, -0.2) is 0 Å². The van der Waals surface area contributed by atoms with Crippen LogP contribution in [-0.4, -0.2) is 11.4 Å². The Balaban J connectivity index is 0.000000755. The summed E-state index contributed by atoms with van der Waals surface area (Å²) in [6.45, 7) is 4.04. The predicted octanol–water partition coefficient (Wildman–Crippen LogP) is 8.57. The molecule has 0 fully saturated rings. The summed E-state index contributed by atoms with van der Waals surface area (Å²) in [4.78, 5) is 9.70. The Morgan fingerprint density at radius 1 is 0.586 bits per heavy atom. The van der Waals surface area contributed by atoms with E-state index < -0.39 is 0 Å². The molecule has 0 aromatic heterocycles. The van der Waals surface area contributed by atoms with Gasteiger partial charge >= 0.3 is 39.3 Å². The van der Waals surface area contributed by atoms with Crippen molar-refractivity contribution in [1.29, 1.82) is 0 Å². The van der Waals surface area contributed by atoms with Gasteiger partial charge in [0.15, 0.2) is 0 Å². The van der Waals surface area contributed by atoms with E-state index in [1.54, 1.807) is 0 Å². The molecule has 2 nitrogen and oxygen atoms in total. The zero-order chi connectivity index (χ0) is 20.6. The van der Waals surface area contributed by atoms with Crippen molar-refractivity contribution in [2.45, 2.75) is 13.8 Å². The number of aliphatic imine (C=N–C) groups is 2. The van der Waals surface area contributed by atoms with Gasteiger partial charge in [0.2, 0.25) is 0 Å². The van der Waals surface area contributed by atoms with Crippen molar-refractivity contribution < 1.29 is 10.9 Å². The normalized spacial score (nSPS) is 12.1. The number of rotatable bonds is 3. The number of nitrogens with zero attached hydrogens (tertiary/aromatic N) is 2. The second-order valence-corrected chi connectivity index (χ2v) is 11.4. The summed E-state index contributed by atoms with van der Waals surface area (Å²) in [6.07, 6.45) is 0. The van der Waals surface area contributed by atoms with E-state index in [1.165, 1.54) is 21.7 Å². The van der Waals surface area contributed by atoms with Gasteiger partial charge in [-0.15, -0.1) is 0 Å². The van der Waals surface area contributed by atoms with Gasteiger partial charge in [-0.3, -0.25) is 9.98 Å². The van der Waals surface area contributed by atoms with Crippen LogP contribution in [0.2, 0.25) is 0 Å². The molecule has 0 aliphatic carbocycles. The maximum atomic E-state index is 4.85. The first-order valence-corrected chi connectivity index (χ1v) is 13.9. The van der Waals surface area contributed by atoms with Crippen LogP contribution in [0.1, 0.15) is 13.8 Å². The maximum absolute atomic E-state index is 4.85. The summed E-state index contributed by atoms with van der Waals surface area (Å²) in [5.41, 5.74) is 3.81. The number of halogens is 2. The average Bonchev–Trinajstić information content (AvgIpc) is 2.75. The van der Waals surface area contributed by atoms with E-state index in [2.05, 4.69) is 89.1 Å². The molecule has 0 aliphatic heterocycles. The molecule has 0 amide bonds. The summed E-state index contributed by atoms with van der Waals surface area (Å²) in [6, 6.07) is 29.1. The summed E-state index contributed by atoms with van der Waals surface area (Å²) in [5.74, 6) is 0. The number of hydrogen-bond donors (Lipinski definition) is 0. The Bertz CT molecular complexity index is 1080. The molecule has 0 saturated heterocycles. The molecule has 0 bridgehead atoms. The molecule has 4 aromatic rings. The van der Waals surface area contributed by atoms with E-state index >= 15 is 0 Å². The molecule has 29 heavy (non-hydrogen) atoms. The van der Waals surface area contributed by atoms with E-state index in [-0.39, 0.29) is 0 Å². The average molecular weight is 555 g/mol. The third kappa shape index (κ3) is 5.63. The molecule has 0 aliphatic rings. The summed E-state index contributed by atoms with van der Waals surface area (Å²) >= 11 is 6.00. The molecule has 4 aromatic carbocycles. The van der Waals surface area contributed by atoms with Gasteiger partial charge in [-0.1, -0.05) is 72.8 Å². The summed E-state index contributed by atoms with van der Waals surface area (Å²) < 4.78 is 0. The zero-order valence-corrected chi connectivity index (χ0v) is 20.2. The zero-order valence-electron chi connectivity index (χ0n) is 16.0. The van der Waals surface area contributed by atoms with Crippen molar-refractivity contribution in [3.8, 4) is 0 Å². The molecular formula is C24H20Br2N2Ni. The Hall–Kier alpha value is -1.81. The van der Waals surface area contributed by atoms with Gasteiger partial charge in [-0.2, -0.15) is 0 Å². The van der Waals surface area contributed by atoms with Gasteiger partial charge in [0.25, 0.3) is 0 Å². The molecule has 0 unspecified atom stereocenters. The van der Waals surface area contributed by atoms with Crippen molar-refractivity contribution in [3.63, 3.8) is 0 Å².